The summed E-state index contributed by atoms with van der Waals surface area (Å²) >= 11 is 0. The molecule has 2 amide bonds. The van der Waals surface area contributed by atoms with Crippen molar-refractivity contribution in [3.63, 3.8) is 0 Å². The molecule has 3 aromatic rings. The smallest absolute Gasteiger partial charge is 0.271 e. The molecule has 3 rings (SSSR count). The van der Waals surface area contributed by atoms with Crippen LogP contribution in [0.2, 0.25) is 0 Å². The number of amides is 2. The summed E-state index contributed by atoms with van der Waals surface area (Å²) in [5.41, 5.74) is 12.3. The van der Waals surface area contributed by atoms with E-state index in [1.165, 1.54) is 6.20 Å². The standard InChI is InChI=1S/C20H23N7O2/c1-11(2)7-15(18(21)28)26-16-10-24-17(19(22)29)20(27-16)25-13-8-12-5-3-4-6-14(12)23-9-13/h3-6,8-11,15H,7H2,1-2H3,(H2,21,28)(H2,22,29)(H2,25,26,27). The van der Waals surface area contributed by atoms with Crippen LogP contribution in [0.3, 0.4) is 0 Å². The molecule has 0 fully saturated rings. The third-order valence-electron chi connectivity index (χ3n) is 4.23. The van der Waals surface area contributed by atoms with Gasteiger partial charge in [-0.3, -0.25) is 14.6 Å². The van der Waals surface area contributed by atoms with Gasteiger partial charge in [-0.25, -0.2) is 9.97 Å². The zero-order valence-electron chi connectivity index (χ0n) is 16.2. The van der Waals surface area contributed by atoms with Crippen molar-refractivity contribution >= 4 is 40.0 Å². The number of nitrogens with one attached hydrogen (secondary N) is 2. The van der Waals surface area contributed by atoms with E-state index < -0.39 is 17.9 Å². The predicted molar refractivity (Wildman–Crippen MR) is 112 cm³/mol. The molecule has 2 heterocycles. The first-order chi connectivity index (χ1) is 13.8. The summed E-state index contributed by atoms with van der Waals surface area (Å²) in [6.07, 6.45) is 3.51. The molecule has 9 nitrogen and oxygen atoms in total. The summed E-state index contributed by atoms with van der Waals surface area (Å²) in [5.74, 6) is -0.510. The van der Waals surface area contributed by atoms with E-state index in [0.29, 0.717) is 17.9 Å². The number of anilines is 3. The highest BCUT2D eigenvalue weighted by Gasteiger charge is 2.19. The van der Waals surface area contributed by atoms with Crippen molar-refractivity contribution in [1.29, 1.82) is 0 Å². The van der Waals surface area contributed by atoms with Gasteiger partial charge in [0.25, 0.3) is 5.91 Å². The number of fused-ring (bicyclic) bond motifs is 1. The molecule has 9 heteroatoms. The Morgan fingerprint density at radius 2 is 1.86 bits per heavy atom. The van der Waals surface area contributed by atoms with Gasteiger partial charge in [0.05, 0.1) is 23.6 Å². The second-order valence-corrected chi connectivity index (χ2v) is 7.09. The molecule has 0 saturated carbocycles. The van der Waals surface area contributed by atoms with Gasteiger partial charge >= 0.3 is 0 Å². The van der Waals surface area contributed by atoms with Crippen LogP contribution >= 0.6 is 0 Å². The summed E-state index contributed by atoms with van der Waals surface area (Å²) in [5, 5.41) is 6.93. The number of carbonyl (C=O) groups is 2. The van der Waals surface area contributed by atoms with Crippen LogP contribution in [-0.2, 0) is 4.79 Å². The summed E-state index contributed by atoms with van der Waals surface area (Å²) in [4.78, 5) is 36.4. The highest BCUT2D eigenvalue weighted by atomic mass is 16.1. The number of para-hydroxylation sites is 1. The fourth-order valence-corrected chi connectivity index (χ4v) is 2.90. The number of aromatic nitrogens is 3. The van der Waals surface area contributed by atoms with Gasteiger partial charge < -0.3 is 22.1 Å². The van der Waals surface area contributed by atoms with Crippen LogP contribution in [0.5, 0.6) is 0 Å². The molecule has 0 saturated heterocycles. The SMILES string of the molecule is CC(C)CC(Nc1cnc(C(N)=O)c(Nc2cnc3ccccc3c2)n1)C(N)=O. The molecule has 0 radical (unpaired) electrons. The topological polar surface area (TPSA) is 149 Å². The molecule has 2 aromatic heterocycles. The number of primary amides is 2. The number of nitrogens with two attached hydrogens (primary N) is 2. The Bertz CT molecular complexity index is 1050. The molecule has 1 aromatic carbocycles. The molecule has 0 aliphatic carbocycles. The number of nitrogens with zero attached hydrogens (tertiary/aromatic N) is 3. The van der Waals surface area contributed by atoms with E-state index in [1.807, 2.05) is 44.2 Å². The molecule has 6 N–H and O–H groups in total. The molecular weight excluding hydrogens is 370 g/mol. The van der Waals surface area contributed by atoms with Crippen LogP contribution in [0.15, 0.2) is 42.7 Å². The third kappa shape index (κ3) is 4.95. The Hall–Kier alpha value is -3.75. The molecule has 150 valence electrons. The average Bonchev–Trinajstić information content (AvgIpc) is 2.67. The Kier molecular flexibility index (Phi) is 5.87. The quantitative estimate of drug-likeness (QED) is 0.458. The molecular formula is C20H23N7O2. The molecule has 0 aliphatic rings. The summed E-state index contributed by atoms with van der Waals surface area (Å²) < 4.78 is 0. The first-order valence-corrected chi connectivity index (χ1v) is 9.18. The Labute approximate surface area is 167 Å². The van der Waals surface area contributed by atoms with Crippen LogP contribution in [-0.4, -0.2) is 32.8 Å². The van der Waals surface area contributed by atoms with Crippen molar-refractivity contribution in [2.45, 2.75) is 26.3 Å². The minimum absolute atomic E-state index is 0.0248. The fraction of sp³-hybridized carbons (Fsp3) is 0.250. The Morgan fingerprint density at radius 1 is 1.10 bits per heavy atom. The molecule has 0 bridgehead atoms. The van der Waals surface area contributed by atoms with Crippen LogP contribution in [0, 0.1) is 5.92 Å². The van der Waals surface area contributed by atoms with E-state index in [0.717, 1.165) is 10.9 Å². The fourth-order valence-electron chi connectivity index (χ4n) is 2.90. The van der Waals surface area contributed by atoms with Crippen molar-refractivity contribution in [3.8, 4) is 0 Å². The minimum atomic E-state index is -0.728. The van der Waals surface area contributed by atoms with Crippen molar-refractivity contribution < 1.29 is 9.59 Å². The van der Waals surface area contributed by atoms with Crippen LogP contribution in [0.25, 0.3) is 10.9 Å². The van der Waals surface area contributed by atoms with Crippen LogP contribution in [0.4, 0.5) is 17.3 Å². The minimum Gasteiger partial charge on any atom is -0.368 e. The zero-order chi connectivity index (χ0) is 21.0. The molecule has 0 spiro atoms. The van der Waals surface area contributed by atoms with Gasteiger partial charge in [0.1, 0.15) is 11.9 Å². The van der Waals surface area contributed by atoms with Gasteiger partial charge in [-0.15, -0.1) is 0 Å². The Morgan fingerprint density at radius 3 is 2.55 bits per heavy atom. The number of hydrogen-bond donors (Lipinski definition) is 4. The van der Waals surface area contributed by atoms with E-state index in [4.69, 9.17) is 11.5 Å². The van der Waals surface area contributed by atoms with Crippen LogP contribution in [0.1, 0.15) is 30.8 Å². The van der Waals surface area contributed by atoms with E-state index in [1.54, 1.807) is 6.20 Å². The monoisotopic (exact) mass is 393 g/mol. The van der Waals surface area contributed by atoms with Gasteiger partial charge in [-0.2, -0.15) is 0 Å². The third-order valence-corrected chi connectivity index (χ3v) is 4.23. The van der Waals surface area contributed by atoms with Gasteiger partial charge in [-0.05, 0) is 24.5 Å². The lowest BCUT2D eigenvalue weighted by molar-refractivity contribution is -0.119. The lowest BCUT2D eigenvalue weighted by atomic mass is 10.0. The van der Waals surface area contributed by atoms with E-state index in [9.17, 15) is 9.59 Å². The normalized spacial score (nSPS) is 12.0. The van der Waals surface area contributed by atoms with E-state index in [-0.39, 0.29) is 17.4 Å². The number of pyridine rings is 1. The first-order valence-electron chi connectivity index (χ1n) is 9.18. The van der Waals surface area contributed by atoms with Crippen molar-refractivity contribution in [2.75, 3.05) is 10.6 Å². The van der Waals surface area contributed by atoms with Gasteiger partial charge in [0.15, 0.2) is 11.5 Å². The predicted octanol–water partition coefficient (Wildman–Crippen LogP) is 2.18. The highest BCUT2D eigenvalue weighted by molar-refractivity contribution is 5.96. The van der Waals surface area contributed by atoms with Gasteiger partial charge in [-0.1, -0.05) is 32.0 Å². The van der Waals surface area contributed by atoms with E-state index in [2.05, 4.69) is 25.6 Å². The van der Waals surface area contributed by atoms with Crippen molar-refractivity contribution in [2.24, 2.45) is 17.4 Å². The first kappa shape index (κ1) is 20.0. The molecule has 1 atom stereocenters. The lowest BCUT2D eigenvalue weighted by Gasteiger charge is -2.18. The van der Waals surface area contributed by atoms with Gasteiger partial charge in [0, 0.05) is 5.39 Å². The average molecular weight is 393 g/mol. The Balaban J connectivity index is 1.91. The number of rotatable bonds is 8. The second kappa shape index (κ2) is 8.51. The molecule has 29 heavy (non-hydrogen) atoms. The maximum absolute atomic E-state index is 11.8. The number of benzene rings is 1. The number of hydrogen-bond acceptors (Lipinski definition) is 7. The summed E-state index contributed by atoms with van der Waals surface area (Å²) in [6.45, 7) is 3.97. The largest absolute Gasteiger partial charge is 0.368 e. The van der Waals surface area contributed by atoms with E-state index >= 15 is 0 Å². The maximum atomic E-state index is 11.8. The highest BCUT2D eigenvalue weighted by Crippen LogP contribution is 2.22. The van der Waals surface area contributed by atoms with Crippen molar-refractivity contribution in [1.82, 2.24) is 15.0 Å². The number of carbonyl (C=O) groups excluding carboxylic acids is 2. The summed E-state index contributed by atoms with van der Waals surface area (Å²) in [6, 6.07) is 8.90. The molecule has 1 unspecified atom stereocenters. The maximum Gasteiger partial charge on any atom is 0.271 e. The second-order valence-electron chi connectivity index (χ2n) is 7.09. The summed E-state index contributed by atoms with van der Waals surface area (Å²) in [7, 11) is 0. The molecule has 0 aliphatic heterocycles. The van der Waals surface area contributed by atoms with Crippen molar-refractivity contribution in [3.05, 3.63) is 48.4 Å². The van der Waals surface area contributed by atoms with Crippen LogP contribution < -0.4 is 22.1 Å². The lowest BCUT2D eigenvalue weighted by Crippen LogP contribution is -2.37. The van der Waals surface area contributed by atoms with Gasteiger partial charge in [0.2, 0.25) is 5.91 Å². The zero-order valence-corrected chi connectivity index (χ0v) is 16.2.